The largest absolute Gasteiger partial charge is 0.487 e. The van der Waals surface area contributed by atoms with Gasteiger partial charge in [0.2, 0.25) is 0 Å². The molecule has 2 aromatic heterocycles. The first kappa shape index (κ1) is 22.7. The lowest BCUT2D eigenvalue weighted by molar-refractivity contribution is 0.0643. The maximum atomic E-state index is 12.9. The highest BCUT2D eigenvalue weighted by Crippen LogP contribution is 2.35. The van der Waals surface area contributed by atoms with Gasteiger partial charge in [0.25, 0.3) is 11.9 Å². The molecule has 3 heterocycles. The van der Waals surface area contributed by atoms with Gasteiger partial charge in [-0.25, -0.2) is 0 Å². The maximum Gasteiger partial charge on any atom is 0.296 e. The first-order valence-electron chi connectivity index (χ1n) is 12.4. The zero-order chi connectivity index (χ0) is 23.7. The van der Waals surface area contributed by atoms with Gasteiger partial charge in [0.05, 0.1) is 17.4 Å². The molecular formula is C26H33N5O3. The summed E-state index contributed by atoms with van der Waals surface area (Å²) in [6.45, 7) is 10.5. The number of likely N-dealkylation sites (N-methyl/N-ethyl adjacent to an activating group) is 1. The number of pyridine rings is 1. The number of aromatic nitrogens is 2. The number of carbonyl (C=O) groups is 1. The number of amides is 1. The van der Waals surface area contributed by atoms with Gasteiger partial charge in [-0.2, -0.15) is 4.98 Å². The fraction of sp³-hybridized carbons (Fsp3) is 0.500. The second kappa shape index (κ2) is 9.62. The first-order chi connectivity index (χ1) is 16.5. The fourth-order valence-corrected chi connectivity index (χ4v) is 4.42. The minimum absolute atomic E-state index is 0.00674. The Labute approximate surface area is 200 Å². The van der Waals surface area contributed by atoms with E-state index in [1.165, 1.54) is 6.42 Å². The van der Waals surface area contributed by atoms with Crippen molar-refractivity contribution in [3.05, 3.63) is 36.0 Å². The number of hydrogen-bond donors (Lipinski definition) is 1. The number of hydrogen-bond acceptors (Lipinski definition) is 7. The van der Waals surface area contributed by atoms with Gasteiger partial charge in [-0.05, 0) is 63.9 Å². The summed E-state index contributed by atoms with van der Waals surface area (Å²) in [7, 11) is 0. The number of rotatable bonds is 7. The van der Waals surface area contributed by atoms with Gasteiger partial charge in [0.15, 0.2) is 11.3 Å². The van der Waals surface area contributed by atoms with E-state index in [0.29, 0.717) is 29.0 Å². The average molecular weight is 464 g/mol. The lowest BCUT2D eigenvalue weighted by Crippen LogP contribution is -2.48. The second-order valence-electron chi connectivity index (χ2n) is 9.44. The standard InChI is InChI=1S/C26H33N5O3/c1-4-30-10-12-31(13-11-30)25(32)18-8-9-21(27-16-18)19-14-22-24(23(15-19)33-17(2)3)34-26(29-22)28-20-6-5-7-20/h8-9,14-17,20H,4-7,10-13H2,1-3H3,(H,28,29). The van der Waals surface area contributed by atoms with Crippen molar-refractivity contribution in [2.24, 2.45) is 0 Å². The number of benzene rings is 1. The summed E-state index contributed by atoms with van der Waals surface area (Å²) in [4.78, 5) is 26.5. The smallest absolute Gasteiger partial charge is 0.296 e. The Morgan fingerprint density at radius 1 is 1.21 bits per heavy atom. The molecule has 1 saturated carbocycles. The molecule has 180 valence electrons. The minimum Gasteiger partial charge on any atom is -0.487 e. The van der Waals surface area contributed by atoms with E-state index < -0.39 is 0 Å². The third kappa shape index (κ3) is 4.73. The van der Waals surface area contributed by atoms with Crippen LogP contribution in [0.15, 0.2) is 34.9 Å². The van der Waals surface area contributed by atoms with Gasteiger partial charge < -0.3 is 24.3 Å². The maximum absolute atomic E-state index is 12.9. The molecule has 0 spiro atoms. The van der Waals surface area contributed by atoms with Gasteiger partial charge in [0, 0.05) is 44.0 Å². The summed E-state index contributed by atoms with van der Waals surface area (Å²) in [6.07, 6.45) is 5.19. The van der Waals surface area contributed by atoms with E-state index in [9.17, 15) is 4.79 Å². The molecule has 8 nitrogen and oxygen atoms in total. The Morgan fingerprint density at radius 3 is 2.62 bits per heavy atom. The van der Waals surface area contributed by atoms with Crippen LogP contribution in [0.2, 0.25) is 0 Å². The van der Waals surface area contributed by atoms with E-state index in [-0.39, 0.29) is 12.0 Å². The van der Waals surface area contributed by atoms with Crippen molar-refractivity contribution in [3.8, 4) is 17.0 Å². The predicted molar refractivity (Wildman–Crippen MR) is 132 cm³/mol. The third-order valence-electron chi connectivity index (χ3n) is 6.66. The number of ether oxygens (including phenoxy) is 1. The van der Waals surface area contributed by atoms with Crippen LogP contribution in [0, 0.1) is 0 Å². The Balaban J connectivity index is 1.38. The summed E-state index contributed by atoms with van der Waals surface area (Å²) in [6, 6.07) is 8.61. The van der Waals surface area contributed by atoms with E-state index in [0.717, 1.165) is 62.3 Å². The van der Waals surface area contributed by atoms with Crippen molar-refractivity contribution in [1.29, 1.82) is 0 Å². The predicted octanol–water partition coefficient (Wildman–Crippen LogP) is 4.42. The van der Waals surface area contributed by atoms with E-state index >= 15 is 0 Å². The number of piperazine rings is 1. The third-order valence-corrected chi connectivity index (χ3v) is 6.66. The molecule has 3 aromatic rings. The quantitative estimate of drug-likeness (QED) is 0.555. The van der Waals surface area contributed by atoms with Crippen molar-refractivity contribution >= 4 is 23.0 Å². The van der Waals surface area contributed by atoms with Crippen LogP contribution >= 0.6 is 0 Å². The van der Waals surface area contributed by atoms with Gasteiger partial charge in [-0.3, -0.25) is 9.78 Å². The molecule has 0 unspecified atom stereocenters. The van der Waals surface area contributed by atoms with Crippen LogP contribution in [0.4, 0.5) is 6.01 Å². The number of oxazole rings is 1. The molecule has 8 heteroatoms. The highest BCUT2D eigenvalue weighted by Gasteiger charge is 2.23. The summed E-state index contributed by atoms with van der Waals surface area (Å²) in [5.41, 5.74) is 3.62. The molecule has 2 aliphatic rings. The molecule has 0 atom stereocenters. The Kier molecular flexibility index (Phi) is 6.41. The molecule has 5 rings (SSSR count). The number of fused-ring (bicyclic) bond motifs is 1. The molecule has 1 aliphatic carbocycles. The van der Waals surface area contributed by atoms with Gasteiger partial charge >= 0.3 is 0 Å². The summed E-state index contributed by atoms with van der Waals surface area (Å²) in [5.74, 6) is 0.685. The average Bonchev–Trinajstić information content (AvgIpc) is 3.24. The first-order valence-corrected chi connectivity index (χ1v) is 12.4. The van der Waals surface area contributed by atoms with Crippen LogP contribution in [-0.4, -0.2) is 70.5 Å². The molecule has 0 radical (unpaired) electrons. The zero-order valence-corrected chi connectivity index (χ0v) is 20.2. The molecule has 1 aliphatic heterocycles. The SMILES string of the molecule is CCN1CCN(C(=O)c2ccc(-c3cc(OC(C)C)c4oc(NC5CCC5)nc4c3)nc2)CC1. The normalized spacial score (nSPS) is 17.2. The topological polar surface area (TPSA) is 83.7 Å². The van der Waals surface area contributed by atoms with Crippen LogP contribution in [0.5, 0.6) is 5.75 Å². The van der Waals surface area contributed by atoms with E-state index in [4.69, 9.17) is 9.15 Å². The van der Waals surface area contributed by atoms with Crippen LogP contribution < -0.4 is 10.1 Å². The van der Waals surface area contributed by atoms with Gasteiger partial charge in [-0.1, -0.05) is 6.92 Å². The van der Waals surface area contributed by atoms with Crippen molar-refractivity contribution in [3.63, 3.8) is 0 Å². The zero-order valence-electron chi connectivity index (χ0n) is 20.2. The van der Waals surface area contributed by atoms with Crippen molar-refractivity contribution in [2.75, 3.05) is 38.0 Å². The van der Waals surface area contributed by atoms with Crippen LogP contribution in [0.3, 0.4) is 0 Å². The van der Waals surface area contributed by atoms with E-state index in [1.54, 1.807) is 6.20 Å². The molecular weight excluding hydrogens is 430 g/mol. The number of anilines is 1. The number of nitrogens with zero attached hydrogens (tertiary/aromatic N) is 4. The molecule has 0 bridgehead atoms. The van der Waals surface area contributed by atoms with Crippen LogP contribution in [0.25, 0.3) is 22.4 Å². The lowest BCUT2D eigenvalue weighted by atomic mass is 9.93. The molecule has 2 fully saturated rings. The second-order valence-corrected chi connectivity index (χ2v) is 9.44. The van der Waals surface area contributed by atoms with E-state index in [1.807, 2.05) is 43.0 Å². The monoisotopic (exact) mass is 463 g/mol. The molecule has 34 heavy (non-hydrogen) atoms. The van der Waals surface area contributed by atoms with E-state index in [2.05, 4.69) is 27.1 Å². The number of carbonyl (C=O) groups excluding carboxylic acids is 1. The van der Waals surface area contributed by atoms with Gasteiger partial charge in [-0.15, -0.1) is 0 Å². The Bertz CT molecular complexity index is 1150. The lowest BCUT2D eigenvalue weighted by Gasteiger charge is -2.34. The molecule has 1 saturated heterocycles. The van der Waals surface area contributed by atoms with Crippen molar-refractivity contribution in [2.45, 2.75) is 52.2 Å². The minimum atomic E-state index is -0.00674. The summed E-state index contributed by atoms with van der Waals surface area (Å²) >= 11 is 0. The van der Waals surface area contributed by atoms with Crippen molar-refractivity contribution < 1.29 is 13.9 Å². The Hall–Kier alpha value is -3.13. The summed E-state index contributed by atoms with van der Waals surface area (Å²) in [5, 5.41) is 3.37. The fourth-order valence-electron chi connectivity index (χ4n) is 4.42. The molecule has 1 aromatic carbocycles. The molecule has 1 amide bonds. The van der Waals surface area contributed by atoms with Crippen LogP contribution in [0.1, 0.15) is 50.4 Å². The molecule has 1 N–H and O–H groups in total. The van der Waals surface area contributed by atoms with Gasteiger partial charge in [0.1, 0.15) is 5.52 Å². The Morgan fingerprint density at radius 2 is 2.00 bits per heavy atom. The highest BCUT2D eigenvalue weighted by atomic mass is 16.5. The highest BCUT2D eigenvalue weighted by molar-refractivity contribution is 5.94. The summed E-state index contributed by atoms with van der Waals surface area (Å²) < 4.78 is 12.1. The number of nitrogens with one attached hydrogen (secondary N) is 1. The van der Waals surface area contributed by atoms with Crippen molar-refractivity contribution in [1.82, 2.24) is 19.8 Å². The van der Waals surface area contributed by atoms with Crippen LogP contribution in [-0.2, 0) is 0 Å².